The van der Waals surface area contributed by atoms with Gasteiger partial charge in [-0.25, -0.2) is 4.79 Å². The Morgan fingerprint density at radius 3 is 2.78 bits per heavy atom. The van der Waals surface area contributed by atoms with Gasteiger partial charge in [0.25, 0.3) is 0 Å². The molecule has 186 valence electrons. The van der Waals surface area contributed by atoms with E-state index in [4.69, 9.17) is 14.2 Å². The lowest BCUT2D eigenvalue weighted by molar-refractivity contribution is -0.137. The lowest BCUT2D eigenvalue weighted by atomic mass is 10.0. The maximum atomic E-state index is 13.0. The number of ether oxygens (including phenoxy) is 3. The third kappa shape index (κ3) is 4.35. The summed E-state index contributed by atoms with van der Waals surface area (Å²) in [5.74, 6) is 1.14. The predicted octanol–water partition coefficient (Wildman–Crippen LogP) is 4.11. The number of benzene rings is 2. The number of hydrogen-bond acceptors (Lipinski definition) is 7. The van der Waals surface area contributed by atoms with Gasteiger partial charge in [0.2, 0.25) is 5.88 Å². The average molecular weight is 498 g/mol. The molecule has 1 atom stereocenters. The highest BCUT2D eigenvalue weighted by Gasteiger charge is 2.43. The van der Waals surface area contributed by atoms with Gasteiger partial charge in [0, 0.05) is 18.2 Å². The van der Waals surface area contributed by atoms with Gasteiger partial charge >= 0.3 is 11.9 Å². The summed E-state index contributed by atoms with van der Waals surface area (Å²) in [7, 11) is 0. The number of aromatic nitrogens is 2. The summed E-state index contributed by atoms with van der Waals surface area (Å²) in [6.07, 6.45) is -4.57. The highest BCUT2D eigenvalue weighted by atomic mass is 19.4. The van der Waals surface area contributed by atoms with Crippen molar-refractivity contribution in [3.8, 4) is 23.4 Å². The highest BCUT2D eigenvalue weighted by Crippen LogP contribution is 2.37. The van der Waals surface area contributed by atoms with Crippen molar-refractivity contribution in [1.29, 1.82) is 5.26 Å². The predicted molar refractivity (Wildman–Crippen MR) is 122 cm³/mol. The van der Waals surface area contributed by atoms with Gasteiger partial charge in [-0.3, -0.25) is 4.57 Å². The summed E-state index contributed by atoms with van der Waals surface area (Å²) in [4.78, 5) is 18.8. The molecule has 0 aliphatic carbocycles. The highest BCUT2D eigenvalue weighted by molar-refractivity contribution is 5.51. The Kier molecular flexibility index (Phi) is 5.84. The Hall–Kier alpha value is -4.04. The van der Waals surface area contributed by atoms with E-state index in [1.165, 1.54) is 0 Å². The van der Waals surface area contributed by atoms with Crippen LogP contribution in [0.5, 0.6) is 17.4 Å². The molecule has 0 amide bonds. The third-order valence-electron chi connectivity index (χ3n) is 6.26. The third-order valence-corrected chi connectivity index (χ3v) is 6.26. The summed E-state index contributed by atoms with van der Waals surface area (Å²) in [5.41, 5.74) is -1.38. The van der Waals surface area contributed by atoms with Crippen molar-refractivity contribution in [2.75, 3.05) is 24.7 Å². The molecule has 3 heterocycles. The van der Waals surface area contributed by atoms with E-state index >= 15 is 0 Å². The first-order chi connectivity index (χ1) is 17.2. The van der Waals surface area contributed by atoms with Crippen LogP contribution in [0.25, 0.3) is 0 Å². The molecule has 1 fully saturated rings. The van der Waals surface area contributed by atoms with E-state index in [9.17, 15) is 23.2 Å². The van der Waals surface area contributed by atoms with E-state index in [1.807, 2.05) is 6.92 Å². The maximum absolute atomic E-state index is 13.0. The number of nitriles is 1. The van der Waals surface area contributed by atoms with E-state index in [2.05, 4.69) is 9.88 Å². The lowest BCUT2D eigenvalue weighted by Gasteiger charge is -2.39. The van der Waals surface area contributed by atoms with Crippen LogP contribution >= 0.6 is 0 Å². The largest absolute Gasteiger partial charge is 0.472 e. The van der Waals surface area contributed by atoms with Gasteiger partial charge in [0.15, 0.2) is 0 Å². The number of nitrogens with zero attached hydrogens (tertiary/aromatic N) is 4. The molecule has 11 heteroatoms. The molecule has 0 bridgehead atoms. The fourth-order valence-electron chi connectivity index (χ4n) is 4.45. The van der Waals surface area contributed by atoms with Crippen molar-refractivity contribution in [3.63, 3.8) is 0 Å². The fraction of sp³-hybridized carbons (Fsp3) is 0.320. The minimum Gasteiger partial charge on any atom is -0.472 e. The van der Waals surface area contributed by atoms with Crippen molar-refractivity contribution in [2.45, 2.75) is 31.8 Å². The number of para-hydroxylation sites is 1. The van der Waals surface area contributed by atoms with Crippen LogP contribution in [0.3, 0.4) is 0 Å². The van der Waals surface area contributed by atoms with E-state index in [-0.39, 0.29) is 29.3 Å². The Morgan fingerprint density at radius 1 is 1.19 bits per heavy atom. The molecule has 1 unspecified atom stereocenters. The maximum Gasteiger partial charge on any atom is 0.416 e. The molecule has 0 spiro atoms. The summed E-state index contributed by atoms with van der Waals surface area (Å²) in [6, 6.07) is 12.9. The second-order valence-corrected chi connectivity index (χ2v) is 8.84. The second kappa shape index (κ2) is 8.87. The molecule has 36 heavy (non-hydrogen) atoms. The van der Waals surface area contributed by atoms with Gasteiger partial charge in [-0.1, -0.05) is 18.2 Å². The number of morpholine rings is 1. The lowest BCUT2D eigenvalue weighted by Crippen LogP contribution is -2.53. The number of fused-ring (bicyclic) bond motifs is 3. The zero-order chi connectivity index (χ0) is 25.5. The summed E-state index contributed by atoms with van der Waals surface area (Å²) >= 11 is 0. The average Bonchev–Trinajstić information content (AvgIpc) is 3.16. The van der Waals surface area contributed by atoms with E-state index < -0.39 is 17.4 Å². The summed E-state index contributed by atoms with van der Waals surface area (Å²) < 4.78 is 57.8. The monoisotopic (exact) mass is 498 g/mol. The van der Waals surface area contributed by atoms with Crippen LogP contribution in [-0.4, -0.2) is 34.8 Å². The van der Waals surface area contributed by atoms with Crippen LogP contribution in [0.4, 0.5) is 19.0 Å². The molecule has 0 saturated carbocycles. The molecular formula is C25H21F3N4O4. The number of alkyl halides is 3. The van der Waals surface area contributed by atoms with E-state index in [1.54, 1.807) is 41.0 Å². The Morgan fingerprint density at radius 2 is 2.00 bits per heavy atom. The molecule has 1 aromatic heterocycles. The second-order valence-electron chi connectivity index (χ2n) is 8.84. The van der Waals surface area contributed by atoms with Crippen molar-refractivity contribution in [3.05, 3.63) is 75.7 Å². The summed E-state index contributed by atoms with van der Waals surface area (Å²) in [5, 5.41) is 9.34. The minimum absolute atomic E-state index is 0.0153. The normalized spacial score (nSPS) is 18.8. The Labute approximate surface area is 204 Å². The zero-order valence-electron chi connectivity index (χ0n) is 19.2. The molecule has 2 aromatic carbocycles. The van der Waals surface area contributed by atoms with Crippen LogP contribution < -0.4 is 20.1 Å². The van der Waals surface area contributed by atoms with E-state index in [0.29, 0.717) is 43.4 Å². The quantitative estimate of drug-likeness (QED) is 0.523. The molecule has 8 nitrogen and oxygen atoms in total. The first-order valence-electron chi connectivity index (χ1n) is 11.2. The molecule has 2 aliphatic heterocycles. The van der Waals surface area contributed by atoms with Crippen molar-refractivity contribution in [2.24, 2.45) is 0 Å². The number of halogens is 3. The van der Waals surface area contributed by atoms with Crippen LogP contribution in [0.15, 0.2) is 53.3 Å². The van der Waals surface area contributed by atoms with Crippen LogP contribution in [0.2, 0.25) is 0 Å². The van der Waals surface area contributed by atoms with Crippen LogP contribution in [0, 0.1) is 11.3 Å². The summed E-state index contributed by atoms with van der Waals surface area (Å²) in [6.45, 7) is 4.19. The van der Waals surface area contributed by atoms with Crippen molar-refractivity contribution in [1.82, 2.24) is 9.55 Å². The number of rotatable bonds is 5. The van der Waals surface area contributed by atoms with Crippen molar-refractivity contribution < 1.29 is 27.4 Å². The molecular weight excluding hydrogens is 477 g/mol. The van der Waals surface area contributed by atoms with Gasteiger partial charge in [-0.2, -0.15) is 23.4 Å². The first-order valence-corrected chi connectivity index (χ1v) is 11.2. The van der Waals surface area contributed by atoms with Gasteiger partial charge in [0.1, 0.15) is 30.0 Å². The van der Waals surface area contributed by atoms with Gasteiger partial charge in [0.05, 0.1) is 36.4 Å². The number of anilines is 1. The molecule has 2 aliphatic rings. The van der Waals surface area contributed by atoms with Crippen LogP contribution in [-0.2, 0) is 24.1 Å². The SMILES string of the molecule is CC12COCCN1c1cc(OCc3ccccc3Oc3ccc(C(F)(F)F)cc3C#N)nc(=O)n1C2. The Balaban J connectivity index is 1.37. The van der Waals surface area contributed by atoms with Gasteiger partial charge in [-0.15, -0.1) is 0 Å². The number of hydrogen-bond donors (Lipinski definition) is 0. The Bertz CT molecular complexity index is 1420. The molecule has 5 rings (SSSR count). The molecule has 3 aromatic rings. The van der Waals surface area contributed by atoms with Gasteiger partial charge in [-0.05, 0) is 31.2 Å². The fourth-order valence-corrected chi connectivity index (χ4v) is 4.45. The smallest absolute Gasteiger partial charge is 0.416 e. The molecule has 0 radical (unpaired) electrons. The minimum atomic E-state index is -4.57. The first kappa shape index (κ1) is 23.7. The van der Waals surface area contributed by atoms with Crippen molar-refractivity contribution >= 4 is 5.82 Å². The topological polar surface area (TPSA) is 89.6 Å². The van der Waals surface area contributed by atoms with Gasteiger partial charge < -0.3 is 19.1 Å². The molecule has 1 saturated heterocycles. The van der Waals surface area contributed by atoms with E-state index in [0.717, 1.165) is 18.2 Å². The zero-order valence-corrected chi connectivity index (χ0v) is 19.2. The molecule has 0 N–H and O–H groups in total. The van der Waals surface area contributed by atoms with Crippen LogP contribution in [0.1, 0.15) is 23.6 Å². The standard InChI is InChI=1S/C25H21F3N4O4/c1-24-14-31-22(32(24)8-9-34-15-24)11-21(30-23(31)33)35-13-16-4-2-3-5-19(16)36-20-7-6-18(25(26,27)28)10-17(20)12-29/h2-7,10-11H,8-9,13-15H2,1H3.